The lowest BCUT2D eigenvalue weighted by Gasteiger charge is -2.30. The van der Waals surface area contributed by atoms with E-state index in [1.54, 1.807) is 0 Å². The summed E-state index contributed by atoms with van der Waals surface area (Å²) >= 11 is 0. The molecule has 1 saturated carbocycles. The topological polar surface area (TPSA) is 44.1 Å². The molecule has 1 unspecified atom stereocenters. The quantitative estimate of drug-likeness (QED) is 0.753. The van der Waals surface area contributed by atoms with Gasteiger partial charge in [0.2, 0.25) is 5.91 Å². The van der Waals surface area contributed by atoms with Crippen molar-refractivity contribution >= 4 is 5.91 Å². The summed E-state index contributed by atoms with van der Waals surface area (Å²) in [6.07, 6.45) is 6.92. The van der Waals surface area contributed by atoms with E-state index in [0.29, 0.717) is 18.9 Å². The summed E-state index contributed by atoms with van der Waals surface area (Å²) < 4.78 is 0. The van der Waals surface area contributed by atoms with Gasteiger partial charge in [0.05, 0.1) is 12.0 Å². The minimum Gasteiger partial charge on any atom is -0.341 e. The van der Waals surface area contributed by atoms with Gasteiger partial charge in [-0.1, -0.05) is 26.2 Å². The summed E-state index contributed by atoms with van der Waals surface area (Å²) in [5.74, 6) is 1.72. The first kappa shape index (κ1) is 12.4. The molecule has 0 aromatic rings. The van der Waals surface area contributed by atoms with E-state index in [9.17, 15) is 4.79 Å². The zero-order valence-electron chi connectivity index (χ0n) is 10.7. The largest absolute Gasteiger partial charge is 0.341 e. The fourth-order valence-electron chi connectivity index (χ4n) is 3.17. The highest BCUT2D eigenvalue weighted by Crippen LogP contribution is 2.32. The second kappa shape index (κ2) is 5.53. The van der Waals surface area contributed by atoms with Crippen LogP contribution in [0.4, 0.5) is 0 Å². The van der Waals surface area contributed by atoms with Gasteiger partial charge in [-0.15, -0.1) is 0 Å². The molecule has 2 fully saturated rings. The van der Waals surface area contributed by atoms with Gasteiger partial charge in [-0.2, -0.15) is 5.26 Å². The zero-order chi connectivity index (χ0) is 12.3. The van der Waals surface area contributed by atoms with E-state index in [0.717, 1.165) is 12.5 Å². The van der Waals surface area contributed by atoms with Crippen LogP contribution >= 0.6 is 0 Å². The Morgan fingerprint density at radius 3 is 2.47 bits per heavy atom. The van der Waals surface area contributed by atoms with E-state index in [2.05, 4.69) is 13.0 Å². The lowest BCUT2D eigenvalue weighted by Crippen LogP contribution is -2.32. The number of carbonyl (C=O) groups excluding carboxylic acids is 1. The minimum atomic E-state index is -0.0607. The van der Waals surface area contributed by atoms with Crippen LogP contribution in [0.3, 0.4) is 0 Å². The van der Waals surface area contributed by atoms with Crippen molar-refractivity contribution in [2.24, 2.45) is 17.8 Å². The first-order valence-corrected chi connectivity index (χ1v) is 6.90. The summed E-state index contributed by atoms with van der Waals surface area (Å²) in [5.41, 5.74) is 0. The van der Waals surface area contributed by atoms with Crippen molar-refractivity contribution in [1.82, 2.24) is 4.90 Å². The van der Waals surface area contributed by atoms with E-state index < -0.39 is 0 Å². The third-order valence-electron chi connectivity index (χ3n) is 4.42. The highest BCUT2D eigenvalue weighted by Gasteiger charge is 2.31. The monoisotopic (exact) mass is 234 g/mol. The van der Waals surface area contributed by atoms with Crippen LogP contribution in [0.5, 0.6) is 0 Å². The standard InChI is InChI=1S/C14H22N2O/c1-2-11-3-5-12(6-4-11)9-16-10-13(8-15)7-14(16)17/h11-13H,2-7,9-10H2,1H3. The molecule has 1 aliphatic carbocycles. The highest BCUT2D eigenvalue weighted by atomic mass is 16.2. The Morgan fingerprint density at radius 2 is 1.94 bits per heavy atom. The van der Waals surface area contributed by atoms with Gasteiger partial charge >= 0.3 is 0 Å². The molecule has 94 valence electrons. The Morgan fingerprint density at radius 1 is 1.29 bits per heavy atom. The van der Waals surface area contributed by atoms with Crippen LogP contribution in [0, 0.1) is 29.1 Å². The highest BCUT2D eigenvalue weighted by molar-refractivity contribution is 5.79. The first-order valence-electron chi connectivity index (χ1n) is 6.90. The van der Waals surface area contributed by atoms with Crippen molar-refractivity contribution in [2.45, 2.75) is 45.4 Å². The van der Waals surface area contributed by atoms with Gasteiger partial charge in [0.25, 0.3) is 0 Å². The third kappa shape index (κ3) is 3.00. The molecule has 1 aliphatic heterocycles. The zero-order valence-corrected chi connectivity index (χ0v) is 10.7. The van der Waals surface area contributed by atoms with Crippen molar-refractivity contribution in [3.8, 4) is 6.07 Å². The van der Waals surface area contributed by atoms with Crippen LogP contribution in [-0.4, -0.2) is 23.9 Å². The second-order valence-electron chi connectivity index (χ2n) is 5.62. The maximum Gasteiger partial charge on any atom is 0.224 e. The molecule has 0 bridgehead atoms. The normalized spacial score (nSPS) is 33.8. The molecular weight excluding hydrogens is 212 g/mol. The Labute approximate surface area is 104 Å². The molecule has 3 heteroatoms. The molecule has 0 spiro atoms. The van der Waals surface area contributed by atoms with Crippen molar-refractivity contribution < 1.29 is 4.79 Å². The maximum absolute atomic E-state index is 11.7. The summed E-state index contributed by atoms with van der Waals surface area (Å²) in [7, 11) is 0. The van der Waals surface area contributed by atoms with Gasteiger partial charge in [0.15, 0.2) is 0 Å². The molecule has 0 aromatic carbocycles. The smallest absolute Gasteiger partial charge is 0.224 e. The number of nitrogens with zero attached hydrogens (tertiary/aromatic N) is 2. The van der Waals surface area contributed by atoms with Crippen LogP contribution < -0.4 is 0 Å². The number of hydrogen-bond donors (Lipinski definition) is 0. The molecule has 1 atom stereocenters. The molecule has 1 saturated heterocycles. The van der Waals surface area contributed by atoms with Crippen LogP contribution in [0.15, 0.2) is 0 Å². The molecule has 0 N–H and O–H groups in total. The predicted molar refractivity (Wildman–Crippen MR) is 66.0 cm³/mol. The molecule has 2 rings (SSSR count). The predicted octanol–water partition coefficient (Wildman–Crippen LogP) is 2.57. The average molecular weight is 234 g/mol. The molecule has 0 aromatic heterocycles. The number of likely N-dealkylation sites (tertiary alicyclic amines) is 1. The van der Waals surface area contributed by atoms with E-state index in [4.69, 9.17) is 5.26 Å². The van der Waals surface area contributed by atoms with Crippen molar-refractivity contribution in [3.05, 3.63) is 0 Å². The maximum atomic E-state index is 11.7. The van der Waals surface area contributed by atoms with Gasteiger partial charge < -0.3 is 4.90 Å². The number of amides is 1. The van der Waals surface area contributed by atoms with Crippen LogP contribution in [0.2, 0.25) is 0 Å². The molecule has 2 aliphatic rings. The van der Waals surface area contributed by atoms with Crippen LogP contribution in [0.1, 0.15) is 45.4 Å². The van der Waals surface area contributed by atoms with Gasteiger partial charge in [-0.05, 0) is 24.7 Å². The van der Waals surface area contributed by atoms with Gasteiger partial charge in [-0.3, -0.25) is 4.79 Å². The van der Waals surface area contributed by atoms with Gasteiger partial charge in [-0.25, -0.2) is 0 Å². The Bertz CT molecular complexity index is 313. The van der Waals surface area contributed by atoms with Crippen molar-refractivity contribution in [2.75, 3.05) is 13.1 Å². The molecule has 1 amide bonds. The molecular formula is C14H22N2O. The summed E-state index contributed by atoms with van der Waals surface area (Å²) in [5, 5.41) is 8.85. The lowest BCUT2D eigenvalue weighted by molar-refractivity contribution is -0.128. The SMILES string of the molecule is CCC1CCC(CN2CC(C#N)CC2=O)CC1. The van der Waals surface area contributed by atoms with Gasteiger partial charge in [0, 0.05) is 19.5 Å². The van der Waals surface area contributed by atoms with Crippen LogP contribution in [0.25, 0.3) is 0 Å². The number of hydrogen-bond acceptors (Lipinski definition) is 2. The number of rotatable bonds is 3. The van der Waals surface area contributed by atoms with E-state index in [1.807, 2.05) is 4.90 Å². The molecule has 17 heavy (non-hydrogen) atoms. The number of carbonyl (C=O) groups is 1. The number of nitriles is 1. The summed E-state index contributed by atoms with van der Waals surface area (Å²) in [4.78, 5) is 13.6. The average Bonchev–Trinajstić information content (AvgIpc) is 2.71. The molecule has 1 heterocycles. The minimum absolute atomic E-state index is 0.0607. The third-order valence-corrected chi connectivity index (χ3v) is 4.42. The van der Waals surface area contributed by atoms with Crippen molar-refractivity contribution in [3.63, 3.8) is 0 Å². The second-order valence-corrected chi connectivity index (χ2v) is 5.62. The Kier molecular flexibility index (Phi) is 4.04. The lowest BCUT2D eigenvalue weighted by atomic mass is 9.80. The Hall–Kier alpha value is -1.04. The van der Waals surface area contributed by atoms with Gasteiger partial charge in [0.1, 0.15) is 0 Å². The first-order chi connectivity index (χ1) is 8.22. The summed E-state index contributed by atoms with van der Waals surface area (Å²) in [6, 6.07) is 2.22. The summed E-state index contributed by atoms with van der Waals surface area (Å²) in [6.45, 7) is 3.84. The fourth-order valence-corrected chi connectivity index (χ4v) is 3.17. The molecule has 0 radical (unpaired) electrons. The van der Waals surface area contributed by atoms with E-state index >= 15 is 0 Å². The van der Waals surface area contributed by atoms with Crippen LogP contribution in [-0.2, 0) is 4.79 Å². The van der Waals surface area contributed by atoms with E-state index in [-0.39, 0.29) is 11.8 Å². The fraction of sp³-hybridized carbons (Fsp3) is 0.857. The van der Waals surface area contributed by atoms with E-state index in [1.165, 1.54) is 32.1 Å². The molecule has 3 nitrogen and oxygen atoms in total. The van der Waals surface area contributed by atoms with Crippen molar-refractivity contribution in [1.29, 1.82) is 5.26 Å². The Balaban J connectivity index is 1.79.